The lowest BCUT2D eigenvalue weighted by molar-refractivity contribution is 0.442. The van der Waals surface area contributed by atoms with Gasteiger partial charge in [0.05, 0.1) is 6.21 Å². The second kappa shape index (κ2) is 7.47. The van der Waals surface area contributed by atoms with E-state index in [1.165, 1.54) is 27.8 Å². The van der Waals surface area contributed by atoms with Gasteiger partial charge in [0.2, 0.25) is 0 Å². The van der Waals surface area contributed by atoms with E-state index in [1.807, 2.05) is 6.21 Å². The number of hydrogen-bond donors (Lipinski definition) is 1. The molecule has 0 heterocycles. The number of hydrazone groups is 1. The van der Waals surface area contributed by atoms with Crippen molar-refractivity contribution in [3.05, 3.63) is 107 Å². The molecule has 1 atom stereocenters. The molecule has 2 heteroatoms. The Morgan fingerprint density at radius 2 is 1.43 bits per heavy atom. The molecule has 2 nitrogen and oxygen atoms in total. The summed E-state index contributed by atoms with van der Waals surface area (Å²) in [6.07, 6.45) is 4.28. The molecular weight excluding hydrogens is 340 g/mol. The highest BCUT2D eigenvalue weighted by atomic mass is 15.3. The molecule has 28 heavy (non-hydrogen) atoms. The van der Waals surface area contributed by atoms with E-state index in [1.54, 1.807) is 0 Å². The monoisotopic (exact) mass is 366 g/mol. The van der Waals surface area contributed by atoms with Crippen LogP contribution in [0.25, 0.3) is 11.6 Å². The summed E-state index contributed by atoms with van der Waals surface area (Å²) in [5.74, 6) is 0.205. The molecule has 0 aliphatic heterocycles. The van der Waals surface area contributed by atoms with Crippen molar-refractivity contribution in [2.24, 2.45) is 5.10 Å². The van der Waals surface area contributed by atoms with Crippen LogP contribution in [0.4, 0.5) is 0 Å². The van der Waals surface area contributed by atoms with Crippen LogP contribution in [-0.2, 0) is 0 Å². The molecule has 0 saturated carbocycles. The van der Waals surface area contributed by atoms with E-state index in [2.05, 4.69) is 116 Å². The summed E-state index contributed by atoms with van der Waals surface area (Å²) in [6, 6.07) is 27.9. The topological polar surface area (TPSA) is 24.4 Å². The highest BCUT2D eigenvalue weighted by Crippen LogP contribution is 2.46. The standard InChI is InChI=1S/C26H26N2/c1-26(2,3)28-27-18-21-14-8-10-16-23(21)25-22-15-9-7-13-20(22)17-24(25)19-11-5-4-6-12-19/h4-18,25,28H,1-3H3. The number of nitrogens with zero attached hydrogens (tertiary/aromatic N) is 1. The molecule has 3 aromatic carbocycles. The fraction of sp³-hybridized carbons (Fsp3) is 0.192. The molecule has 0 saturated heterocycles. The van der Waals surface area contributed by atoms with Crippen LogP contribution >= 0.6 is 0 Å². The van der Waals surface area contributed by atoms with Crippen LogP contribution in [0.15, 0.2) is 84.0 Å². The normalized spacial score (nSPS) is 16.1. The van der Waals surface area contributed by atoms with Crippen LogP contribution in [0, 0.1) is 0 Å². The van der Waals surface area contributed by atoms with E-state index in [4.69, 9.17) is 0 Å². The summed E-state index contributed by atoms with van der Waals surface area (Å²) in [4.78, 5) is 0. The average molecular weight is 367 g/mol. The minimum Gasteiger partial charge on any atom is -0.305 e. The van der Waals surface area contributed by atoms with Crippen molar-refractivity contribution in [3.63, 3.8) is 0 Å². The highest BCUT2D eigenvalue weighted by molar-refractivity contribution is 5.95. The molecule has 0 aromatic heterocycles. The smallest absolute Gasteiger partial charge is 0.0543 e. The molecule has 1 aliphatic rings. The van der Waals surface area contributed by atoms with Gasteiger partial charge in [0.25, 0.3) is 0 Å². The second-order valence-corrected chi connectivity index (χ2v) is 8.28. The molecule has 140 valence electrons. The van der Waals surface area contributed by atoms with Crippen LogP contribution in [0.3, 0.4) is 0 Å². The number of rotatable bonds is 4. The van der Waals surface area contributed by atoms with Gasteiger partial charge in [-0.3, -0.25) is 0 Å². The highest BCUT2D eigenvalue weighted by Gasteiger charge is 2.28. The Kier molecular flexibility index (Phi) is 4.87. The Labute approximate surface area is 167 Å². The third kappa shape index (κ3) is 3.77. The maximum absolute atomic E-state index is 4.50. The Balaban J connectivity index is 1.80. The van der Waals surface area contributed by atoms with E-state index < -0.39 is 0 Å². The fourth-order valence-corrected chi connectivity index (χ4v) is 3.73. The number of allylic oxidation sites excluding steroid dienone is 1. The lowest BCUT2D eigenvalue weighted by Crippen LogP contribution is -2.31. The van der Waals surface area contributed by atoms with Gasteiger partial charge in [-0.05, 0) is 60.2 Å². The Morgan fingerprint density at radius 1 is 0.786 bits per heavy atom. The van der Waals surface area contributed by atoms with Gasteiger partial charge in [-0.2, -0.15) is 5.10 Å². The van der Waals surface area contributed by atoms with Crippen LogP contribution in [0.1, 0.15) is 54.5 Å². The first-order chi connectivity index (χ1) is 13.5. The lowest BCUT2D eigenvalue weighted by Gasteiger charge is -2.21. The van der Waals surface area contributed by atoms with Gasteiger partial charge in [-0.1, -0.05) is 78.9 Å². The molecule has 0 radical (unpaired) electrons. The summed E-state index contributed by atoms with van der Waals surface area (Å²) in [7, 11) is 0. The third-order valence-electron chi connectivity index (χ3n) is 4.95. The molecular formula is C26H26N2. The Hall–Kier alpha value is -3.13. The van der Waals surface area contributed by atoms with Gasteiger partial charge in [-0.15, -0.1) is 0 Å². The van der Waals surface area contributed by atoms with Crippen molar-refractivity contribution in [2.45, 2.75) is 32.2 Å². The van der Waals surface area contributed by atoms with Crippen LogP contribution in [0.5, 0.6) is 0 Å². The molecule has 0 fully saturated rings. The summed E-state index contributed by atoms with van der Waals surface area (Å²) < 4.78 is 0. The lowest BCUT2D eigenvalue weighted by atomic mass is 9.83. The molecule has 0 bridgehead atoms. The van der Waals surface area contributed by atoms with E-state index in [0.29, 0.717) is 0 Å². The predicted molar refractivity (Wildman–Crippen MR) is 120 cm³/mol. The predicted octanol–water partition coefficient (Wildman–Crippen LogP) is 6.09. The van der Waals surface area contributed by atoms with Crippen molar-refractivity contribution in [3.8, 4) is 0 Å². The molecule has 0 amide bonds. The minimum atomic E-state index is -0.0551. The first-order valence-electron chi connectivity index (χ1n) is 9.78. The van der Waals surface area contributed by atoms with Gasteiger partial charge in [0, 0.05) is 11.5 Å². The quantitative estimate of drug-likeness (QED) is 0.438. The first kappa shape index (κ1) is 18.2. The Bertz CT molecular complexity index is 1020. The SMILES string of the molecule is CC(C)(C)NN=Cc1ccccc1C1C(c2ccccc2)=Cc2ccccc21. The molecule has 0 spiro atoms. The van der Waals surface area contributed by atoms with Gasteiger partial charge < -0.3 is 5.43 Å². The van der Waals surface area contributed by atoms with Crippen molar-refractivity contribution < 1.29 is 0 Å². The van der Waals surface area contributed by atoms with Crippen LogP contribution in [0.2, 0.25) is 0 Å². The van der Waals surface area contributed by atoms with Gasteiger partial charge >= 0.3 is 0 Å². The zero-order valence-corrected chi connectivity index (χ0v) is 16.7. The third-order valence-corrected chi connectivity index (χ3v) is 4.95. The molecule has 4 rings (SSSR count). The van der Waals surface area contributed by atoms with Crippen LogP contribution < -0.4 is 5.43 Å². The summed E-state index contributed by atoms with van der Waals surface area (Å²) in [6.45, 7) is 6.33. The second-order valence-electron chi connectivity index (χ2n) is 8.28. The van der Waals surface area contributed by atoms with E-state index in [0.717, 1.165) is 5.56 Å². The maximum atomic E-state index is 4.50. The van der Waals surface area contributed by atoms with Crippen molar-refractivity contribution >= 4 is 17.9 Å². The van der Waals surface area contributed by atoms with Gasteiger partial charge in [0.15, 0.2) is 0 Å². The number of benzene rings is 3. The van der Waals surface area contributed by atoms with Crippen LogP contribution in [-0.4, -0.2) is 11.8 Å². The number of hydrogen-bond acceptors (Lipinski definition) is 2. The largest absolute Gasteiger partial charge is 0.305 e. The average Bonchev–Trinajstić information content (AvgIpc) is 3.07. The number of fused-ring (bicyclic) bond motifs is 1. The maximum Gasteiger partial charge on any atom is 0.0543 e. The molecule has 1 aliphatic carbocycles. The van der Waals surface area contributed by atoms with E-state index >= 15 is 0 Å². The van der Waals surface area contributed by atoms with E-state index in [-0.39, 0.29) is 11.5 Å². The molecule has 3 aromatic rings. The molecule has 1 N–H and O–H groups in total. The zero-order chi connectivity index (χ0) is 19.6. The summed E-state index contributed by atoms with van der Waals surface area (Å²) in [5.41, 5.74) is 10.8. The first-order valence-corrected chi connectivity index (χ1v) is 9.78. The van der Waals surface area contributed by atoms with Gasteiger partial charge in [0.1, 0.15) is 0 Å². The zero-order valence-electron chi connectivity index (χ0n) is 16.7. The number of nitrogens with one attached hydrogen (secondary N) is 1. The van der Waals surface area contributed by atoms with Crippen molar-refractivity contribution in [1.29, 1.82) is 0 Å². The minimum absolute atomic E-state index is 0.0551. The van der Waals surface area contributed by atoms with Gasteiger partial charge in [-0.25, -0.2) is 0 Å². The van der Waals surface area contributed by atoms with E-state index in [9.17, 15) is 0 Å². The fourth-order valence-electron chi connectivity index (χ4n) is 3.73. The summed E-state index contributed by atoms with van der Waals surface area (Å²) >= 11 is 0. The van der Waals surface area contributed by atoms with Crippen molar-refractivity contribution in [2.75, 3.05) is 0 Å². The van der Waals surface area contributed by atoms with Crippen molar-refractivity contribution in [1.82, 2.24) is 5.43 Å². The Morgan fingerprint density at radius 3 is 2.18 bits per heavy atom. The summed E-state index contributed by atoms with van der Waals surface area (Å²) in [5, 5.41) is 4.50. The molecule has 1 unspecified atom stereocenters.